The standard InChI is InChI=1S/C22H21NO2/c1-22(2,3)14-9-10-23-19(11-14)18-13-15(24-4)12-17-16-7-5-6-8-20(16)25-21(17)18/h5-13H,1-4H3. The molecule has 4 aromatic rings. The maximum Gasteiger partial charge on any atom is 0.145 e. The van der Waals surface area contributed by atoms with Crippen LogP contribution < -0.4 is 4.74 Å². The van der Waals surface area contributed by atoms with Crippen LogP contribution in [0.3, 0.4) is 0 Å². The van der Waals surface area contributed by atoms with Gasteiger partial charge in [-0.25, -0.2) is 0 Å². The second kappa shape index (κ2) is 5.62. The maximum absolute atomic E-state index is 6.17. The Morgan fingerprint density at radius 3 is 2.52 bits per heavy atom. The monoisotopic (exact) mass is 331 g/mol. The van der Waals surface area contributed by atoms with E-state index in [2.05, 4.69) is 44.0 Å². The highest BCUT2D eigenvalue weighted by Gasteiger charge is 2.18. The van der Waals surface area contributed by atoms with Crippen molar-refractivity contribution < 1.29 is 9.15 Å². The van der Waals surface area contributed by atoms with Crippen LogP contribution in [-0.4, -0.2) is 12.1 Å². The fraction of sp³-hybridized carbons (Fsp3) is 0.227. The van der Waals surface area contributed by atoms with E-state index in [1.165, 1.54) is 5.56 Å². The number of rotatable bonds is 2. The van der Waals surface area contributed by atoms with E-state index in [4.69, 9.17) is 9.15 Å². The first kappa shape index (κ1) is 15.7. The molecule has 0 spiro atoms. The summed E-state index contributed by atoms with van der Waals surface area (Å²) >= 11 is 0. The van der Waals surface area contributed by atoms with Gasteiger partial charge in [0.1, 0.15) is 16.9 Å². The van der Waals surface area contributed by atoms with Gasteiger partial charge >= 0.3 is 0 Å². The zero-order chi connectivity index (χ0) is 17.6. The van der Waals surface area contributed by atoms with Crippen LogP contribution in [0.2, 0.25) is 0 Å². The van der Waals surface area contributed by atoms with E-state index in [0.29, 0.717) is 0 Å². The molecule has 0 bridgehead atoms. The van der Waals surface area contributed by atoms with Gasteiger partial charge in [-0.1, -0.05) is 39.0 Å². The molecule has 4 rings (SSSR count). The third-order valence-corrected chi connectivity index (χ3v) is 4.59. The molecule has 0 aliphatic rings. The number of para-hydroxylation sites is 1. The van der Waals surface area contributed by atoms with Crippen LogP contribution in [-0.2, 0) is 5.41 Å². The minimum atomic E-state index is 0.0591. The lowest BCUT2D eigenvalue weighted by molar-refractivity contribution is 0.415. The summed E-state index contributed by atoms with van der Waals surface area (Å²) < 4.78 is 11.7. The molecule has 126 valence electrons. The maximum atomic E-state index is 6.17. The predicted octanol–water partition coefficient (Wildman–Crippen LogP) is 5.95. The quantitative estimate of drug-likeness (QED) is 0.455. The van der Waals surface area contributed by atoms with Gasteiger partial charge in [0.2, 0.25) is 0 Å². The highest BCUT2D eigenvalue weighted by Crippen LogP contribution is 2.39. The normalized spacial score (nSPS) is 12.0. The van der Waals surface area contributed by atoms with Crippen LogP contribution in [0.15, 0.2) is 59.1 Å². The summed E-state index contributed by atoms with van der Waals surface area (Å²) in [4.78, 5) is 4.60. The Labute approximate surface area is 147 Å². The van der Waals surface area contributed by atoms with Gasteiger partial charge in [0.25, 0.3) is 0 Å². The van der Waals surface area contributed by atoms with Gasteiger partial charge in [0, 0.05) is 22.5 Å². The van der Waals surface area contributed by atoms with Gasteiger partial charge < -0.3 is 9.15 Å². The van der Waals surface area contributed by atoms with E-state index in [-0.39, 0.29) is 5.41 Å². The van der Waals surface area contributed by atoms with Crippen molar-refractivity contribution in [3.05, 3.63) is 60.3 Å². The molecule has 3 nitrogen and oxygen atoms in total. The fourth-order valence-corrected chi connectivity index (χ4v) is 3.15. The number of methoxy groups -OCH3 is 1. The number of benzene rings is 2. The molecule has 0 unspecified atom stereocenters. The molecule has 2 aromatic carbocycles. The summed E-state index contributed by atoms with van der Waals surface area (Å²) in [5, 5.41) is 2.14. The second-order valence-electron chi connectivity index (χ2n) is 7.33. The molecule has 0 atom stereocenters. The summed E-state index contributed by atoms with van der Waals surface area (Å²) in [7, 11) is 1.69. The van der Waals surface area contributed by atoms with E-state index in [1.54, 1.807) is 7.11 Å². The van der Waals surface area contributed by atoms with E-state index in [9.17, 15) is 0 Å². The molecule has 0 saturated carbocycles. The molecule has 0 aliphatic carbocycles. The third kappa shape index (κ3) is 2.66. The lowest BCUT2D eigenvalue weighted by atomic mass is 9.87. The lowest BCUT2D eigenvalue weighted by Gasteiger charge is -2.19. The molecular formula is C22H21NO2. The van der Waals surface area contributed by atoms with Crippen LogP contribution >= 0.6 is 0 Å². The Morgan fingerprint density at radius 1 is 0.960 bits per heavy atom. The SMILES string of the molecule is COc1cc(-c2cc(C(C)(C)C)ccn2)c2oc3ccccc3c2c1. The summed E-state index contributed by atoms with van der Waals surface area (Å²) in [6.45, 7) is 6.61. The van der Waals surface area contributed by atoms with Crippen LogP contribution in [0.4, 0.5) is 0 Å². The van der Waals surface area contributed by atoms with Crippen LogP contribution in [0.5, 0.6) is 5.75 Å². The van der Waals surface area contributed by atoms with Crippen molar-refractivity contribution in [2.45, 2.75) is 26.2 Å². The summed E-state index contributed by atoms with van der Waals surface area (Å²) in [6.07, 6.45) is 1.86. The van der Waals surface area contributed by atoms with E-state index < -0.39 is 0 Å². The molecule has 0 saturated heterocycles. The Hall–Kier alpha value is -2.81. The van der Waals surface area contributed by atoms with Crippen molar-refractivity contribution in [3.63, 3.8) is 0 Å². The fourth-order valence-electron chi connectivity index (χ4n) is 3.15. The van der Waals surface area contributed by atoms with E-state index in [0.717, 1.165) is 38.9 Å². The molecule has 0 aliphatic heterocycles. The average Bonchev–Trinajstić information content (AvgIpc) is 2.99. The molecule has 3 heteroatoms. The molecule has 2 heterocycles. The van der Waals surface area contributed by atoms with Gasteiger partial charge in [-0.3, -0.25) is 4.98 Å². The largest absolute Gasteiger partial charge is 0.497 e. The van der Waals surface area contributed by atoms with Crippen LogP contribution in [0, 0.1) is 0 Å². The Bertz CT molecular complexity index is 1070. The predicted molar refractivity (Wildman–Crippen MR) is 102 cm³/mol. The first-order valence-electron chi connectivity index (χ1n) is 8.43. The number of furan rings is 1. The van der Waals surface area contributed by atoms with Crippen molar-refractivity contribution in [1.29, 1.82) is 0 Å². The van der Waals surface area contributed by atoms with Gasteiger partial charge in [-0.2, -0.15) is 0 Å². The topological polar surface area (TPSA) is 35.3 Å². The van der Waals surface area contributed by atoms with Gasteiger partial charge in [-0.05, 0) is 41.3 Å². The number of ether oxygens (including phenoxy) is 1. The molecule has 0 fully saturated rings. The number of fused-ring (bicyclic) bond motifs is 3. The highest BCUT2D eigenvalue weighted by molar-refractivity contribution is 6.10. The second-order valence-corrected chi connectivity index (χ2v) is 7.33. The summed E-state index contributed by atoms with van der Waals surface area (Å²) in [5.41, 5.74) is 4.87. The van der Waals surface area contributed by atoms with Gasteiger partial charge in [0.15, 0.2) is 0 Å². The summed E-state index contributed by atoms with van der Waals surface area (Å²) in [5.74, 6) is 0.803. The molecule has 0 N–H and O–H groups in total. The van der Waals surface area contributed by atoms with Crippen LogP contribution in [0.1, 0.15) is 26.3 Å². The molecular weight excluding hydrogens is 310 g/mol. The zero-order valence-electron chi connectivity index (χ0n) is 15.0. The van der Waals surface area contributed by atoms with E-state index >= 15 is 0 Å². The first-order valence-corrected chi connectivity index (χ1v) is 8.43. The third-order valence-electron chi connectivity index (χ3n) is 4.59. The molecule has 0 amide bonds. The Balaban J connectivity index is 2.04. The van der Waals surface area contributed by atoms with E-state index in [1.807, 2.05) is 36.5 Å². The Morgan fingerprint density at radius 2 is 1.76 bits per heavy atom. The van der Waals surface area contributed by atoms with Crippen LogP contribution in [0.25, 0.3) is 33.2 Å². The molecule has 2 aromatic heterocycles. The van der Waals surface area contributed by atoms with Crippen molar-refractivity contribution in [2.75, 3.05) is 7.11 Å². The first-order chi connectivity index (χ1) is 12.0. The zero-order valence-corrected chi connectivity index (χ0v) is 15.0. The van der Waals surface area contributed by atoms with Crippen molar-refractivity contribution in [1.82, 2.24) is 4.98 Å². The van der Waals surface area contributed by atoms with Gasteiger partial charge in [-0.15, -0.1) is 0 Å². The number of pyridine rings is 1. The number of nitrogens with zero attached hydrogens (tertiary/aromatic N) is 1. The number of hydrogen-bond acceptors (Lipinski definition) is 3. The smallest absolute Gasteiger partial charge is 0.145 e. The lowest BCUT2D eigenvalue weighted by Crippen LogP contribution is -2.11. The molecule has 0 radical (unpaired) electrons. The van der Waals surface area contributed by atoms with Crippen molar-refractivity contribution in [2.24, 2.45) is 0 Å². The average molecular weight is 331 g/mol. The highest BCUT2D eigenvalue weighted by atomic mass is 16.5. The molecule has 25 heavy (non-hydrogen) atoms. The number of aromatic nitrogens is 1. The minimum Gasteiger partial charge on any atom is -0.497 e. The van der Waals surface area contributed by atoms with Crippen molar-refractivity contribution in [3.8, 4) is 17.0 Å². The minimum absolute atomic E-state index is 0.0591. The Kier molecular flexibility index (Phi) is 3.53. The van der Waals surface area contributed by atoms with Crippen molar-refractivity contribution >= 4 is 21.9 Å². The number of hydrogen-bond donors (Lipinski definition) is 0. The summed E-state index contributed by atoms with van der Waals surface area (Å²) in [6, 6.07) is 16.3. The van der Waals surface area contributed by atoms with Gasteiger partial charge in [0.05, 0.1) is 12.8 Å².